The van der Waals surface area contributed by atoms with Crippen LogP contribution >= 0.6 is 0 Å². The van der Waals surface area contributed by atoms with Crippen molar-refractivity contribution >= 4 is 17.6 Å². The van der Waals surface area contributed by atoms with E-state index in [0.717, 1.165) is 12.8 Å². The topological polar surface area (TPSA) is 137 Å². The summed E-state index contributed by atoms with van der Waals surface area (Å²) in [6.07, 6.45) is 2.95. The summed E-state index contributed by atoms with van der Waals surface area (Å²) in [6.45, 7) is 3.90. The minimum atomic E-state index is -0.905. The van der Waals surface area contributed by atoms with E-state index in [1.807, 2.05) is 0 Å². The van der Waals surface area contributed by atoms with E-state index in [-0.39, 0.29) is 43.3 Å². The fourth-order valence-electron chi connectivity index (χ4n) is 3.79. The quantitative estimate of drug-likeness (QED) is 0.190. The maximum atomic E-state index is 13.1. The Morgan fingerprint density at radius 3 is 2.21 bits per heavy atom. The summed E-state index contributed by atoms with van der Waals surface area (Å²) >= 11 is 0. The van der Waals surface area contributed by atoms with Gasteiger partial charge in [-0.2, -0.15) is 0 Å². The number of carbonyl (C=O) groups is 2. The van der Waals surface area contributed by atoms with Gasteiger partial charge in [0.25, 0.3) is 5.69 Å². The van der Waals surface area contributed by atoms with Gasteiger partial charge in [-0.05, 0) is 38.7 Å². The van der Waals surface area contributed by atoms with Crippen molar-refractivity contribution in [2.75, 3.05) is 33.5 Å². The first-order valence-electron chi connectivity index (χ1n) is 11.2. The van der Waals surface area contributed by atoms with Crippen molar-refractivity contribution in [1.82, 2.24) is 5.32 Å². The SMILES string of the molecule is COCCOC(=O)C1=C(C)NC(C)=C(C(=O)OCCCCCCO)C1c1cccc([N+](=O)[O-])c1. The molecule has 0 saturated carbocycles. The van der Waals surface area contributed by atoms with Crippen LogP contribution in [0.5, 0.6) is 0 Å². The van der Waals surface area contributed by atoms with E-state index in [0.29, 0.717) is 29.8 Å². The number of aliphatic hydroxyl groups excluding tert-OH is 1. The third-order valence-electron chi connectivity index (χ3n) is 5.42. The summed E-state index contributed by atoms with van der Waals surface area (Å²) < 4.78 is 15.8. The Bertz CT molecular complexity index is 954. The third-order valence-corrected chi connectivity index (χ3v) is 5.42. The molecule has 0 bridgehead atoms. The number of non-ortho nitro benzene ring substituents is 1. The van der Waals surface area contributed by atoms with Crippen LogP contribution in [0.25, 0.3) is 0 Å². The number of hydrogen-bond donors (Lipinski definition) is 2. The fraction of sp³-hybridized carbons (Fsp3) is 0.500. The van der Waals surface area contributed by atoms with Crippen molar-refractivity contribution < 1.29 is 33.8 Å². The Hall–Kier alpha value is -3.24. The molecular formula is C24H32N2O8. The van der Waals surface area contributed by atoms with Crippen molar-refractivity contribution in [3.05, 3.63) is 62.5 Å². The smallest absolute Gasteiger partial charge is 0.336 e. The third kappa shape index (κ3) is 7.13. The lowest BCUT2D eigenvalue weighted by Gasteiger charge is -2.30. The zero-order chi connectivity index (χ0) is 25.1. The highest BCUT2D eigenvalue weighted by atomic mass is 16.6. The summed E-state index contributed by atoms with van der Waals surface area (Å²) in [5.41, 5.74) is 1.60. The molecule has 0 spiro atoms. The number of hydrogen-bond acceptors (Lipinski definition) is 9. The number of rotatable bonds is 13. The van der Waals surface area contributed by atoms with E-state index in [9.17, 15) is 19.7 Å². The number of methoxy groups -OCH3 is 1. The molecule has 0 saturated heterocycles. The molecule has 186 valence electrons. The Morgan fingerprint density at radius 1 is 1.00 bits per heavy atom. The number of nitrogens with zero attached hydrogens (tertiary/aromatic N) is 1. The summed E-state index contributed by atoms with van der Waals surface area (Å²) in [6, 6.07) is 5.84. The normalized spacial score (nSPS) is 15.7. The zero-order valence-corrected chi connectivity index (χ0v) is 19.8. The largest absolute Gasteiger partial charge is 0.462 e. The minimum absolute atomic E-state index is 0.0179. The van der Waals surface area contributed by atoms with Crippen molar-refractivity contribution in [3.63, 3.8) is 0 Å². The van der Waals surface area contributed by atoms with Crippen LogP contribution in [0.15, 0.2) is 46.8 Å². The molecule has 1 heterocycles. The molecule has 10 nitrogen and oxygen atoms in total. The Balaban J connectivity index is 2.39. The lowest BCUT2D eigenvalue weighted by atomic mass is 9.80. The predicted molar refractivity (Wildman–Crippen MR) is 124 cm³/mol. The average Bonchev–Trinajstić information content (AvgIpc) is 2.80. The maximum Gasteiger partial charge on any atom is 0.336 e. The number of nitro groups is 1. The van der Waals surface area contributed by atoms with Gasteiger partial charge in [-0.15, -0.1) is 0 Å². The molecule has 1 aromatic rings. The number of benzene rings is 1. The first-order chi connectivity index (χ1) is 16.3. The lowest BCUT2D eigenvalue weighted by Crippen LogP contribution is -2.33. The molecule has 0 radical (unpaired) electrons. The van der Waals surface area contributed by atoms with Gasteiger partial charge >= 0.3 is 11.9 Å². The summed E-state index contributed by atoms with van der Waals surface area (Å²) in [5.74, 6) is -2.17. The molecule has 34 heavy (non-hydrogen) atoms. The lowest BCUT2D eigenvalue weighted by molar-refractivity contribution is -0.384. The van der Waals surface area contributed by atoms with Crippen molar-refractivity contribution in [3.8, 4) is 0 Å². The Kier molecular flexibility index (Phi) is 10.7. The molecule has 10 heteroatoms. The van der Waals surface area contributed by atoms with Crippen molar-refractivity contribution in [1.29, 1.82) is 0 Å². The highest BCUT2D eigenvalue weighted by Crippen LogP contribution is 2.40. The van der Waals surface area contributed by atoms with Gasteiger partial charge in [0.1, 0.15) is 6.61 Å². The molecule has 1 atom stereocenters. The number of esters is 2. The number of unbranched alkanes of at least 4 members (excludes halogenated alkanes) is 3. The first-order valence-corrected chi connectivity index (χ1v) is 11.2. The molecular weight excluding hydrogens is 444 g/mol. The molecule has 1 aliphatic rings. The van der Waals surface area contributed by atoms with E-state index in [1.54, 1.807) is 19.9 Å². The number of allylic oxidation sites excluding steroid dienone is 2. The number of ether oxygens (including phenoxy) is 3. The van der Waals surface area contributed by atoms with Crippen LogP contribution in [0.2, 0.25) is 0 Å². The van der Waals surface area contributed by atoms with Gasteiger partial charge in [0, 0.05) is 37.2 Å². The van der Waals surface area contributed by atoms with Crippen molar-refractivity contribution in [2.24, 2.45) is 0 Å². The van der Waals surface area contributed by atoms with Crippen LogP contribution in [0.3, 0.4) is 0 Å². The van der Waals surface area contributed by atoms with E-state index < -0.39 is 22.8 Å². The molecule has 1 unspecified atom stereocenters. The van der Waals surface area contributed by atoms with Gasteiger partial charge in [0.05, 0.1) is 35.2 Å². The van der Waals surface area contributed by atoms with Gasteiger partial charge in [-0.1, -0.05) is 18.6 Å². The molecule has 1 aliphatic heterocycles. The summed E-state index contributed by atoms with van der Waals surface area (Å²) in [5, 5.41) is 23.3. The van der Waals surface area contributed by atoms with Crippen LogP contribution in [-0.4, -0.2) is 55.5 Å². The predicted octanol–water partition coefficient (Wildman–Crippen LogP) is 3.12. The van der Waals surface area contributed by atoms with Crippen LogP contribution in [0.4, 0.5) is 5.69 Å². The highest BCUT2D eigenvalue weighted by Gasteiger charge is 2.38. The summed E-state index contributed by atoms with van der Waals surface area (Å²) in [4.78, 5) is 37.0. The number of nitrogens with one attached hydrogen (secondary N) is 1. The molecule has 2 N–H and O–H groups in total. The monoisotopic (exact) mass is 476 g/mol. The van der Waals surface area contributed by atoms with Gasteiger partial charge in [-0.3, -0.25) is 10.1 Å². The zero-order valence-electron chi connectivity index (χ0n) is 19.8. The molecule has 0 fully saturated rings. The maximum absolute atomic E-state index is 13.1. The molecule has 2 rings (SSSR count). The minimum Gasteiger partial charge on any atom is -0.462 e. The van der Waals surface area contributed by atoms with E-state index in [1.165, 1.54) is 25.3 Å². The van der Waals surface area contributed by atoms with Gasteiger partial charge < -0.3 is 24.6 Å². The number of dihydropyridines is 1. The standard InChI is InChI=1S/C24H32N2O8/c1-16-20(23(28)33-12-7-5-4-6-11-27)22(18-9-8-10-19(15-18)26(30)31)21(17(2)25-16)24(29)34-14-13-32-3/h8-10,15,22,25,27H,4-7,11-14H2,1-3H3. The Morgan fingerprint density at radius 2 is 1.62 bits per heavy atom. The highest BCUT2D eigenvalue weighted by molar-refractivity contribution is 6.00. The number of aliphatic hydroxyl groups is 1. The van der Waals surface area contributed by atoms with Crippen LogP contribution in [0.1, 0.15) is 51.0 Å². The van der Waals surface area contributed by atoms with Gasteiger partial charge in [-0.25, -0.2) is 9.59 Å². The van der Waals surface area contributed by atoms with E-state index in [2.05, 4.69) is 5.32 Å². The van der Waals surface area contributed by atoms with Crippen LogP contribution < -0.4 is 5.32 Å². The van der Waals surface area contributed by atoms with E-state index in [4.69, 9.17) is 19.3 Å². The van der Waals surface area contributed by atoms with Gasteiger partial charge in [0.15, 0.2) is 0 Å². The number of nitro benzene ring substituents is 1. The van der Waals surface area contributed by atoms with Crippen LogP contribution in [-0.2, 0) is 23.8 Å². The first kappa shape index (κ1) is 27.0. The fourth-order valence-corrected chi connectivity index (χ4v) is 3.79. The van der Waals surface area contributed by atoms with Gasteiger partial charge in [0.2, 0.25) is 0 Å². The second-order valence-electron chi connectivity index (χ2n) is 7.89. The molecule has 0 aliphatic carbocycles. The molecule has 0 aromatic heterocycles. The molecule has 1 aromatic carbocycles. The van der Waals surface area contributed by atoms with E-state index >= 15 is 0 Å². The second kappa shape index (κ2) is 13.5. The molecule has 0 amide bonds. The Labute approximate surface area is 198 Å². The summed E-state index contributed by atoms with van der Waals surface area (Å²) in [7, 11) is 1.48. The van der Waals surface area contributed by atoms with Crippen LogP contribution in [0, 0.1) is 10.1 Å². The van der Waals surface area contributed by atoms with Crippen molar-refractivity contribution in [2.45, 2.75) is 45.4 Å². The number of carbonyl (C=O) groups excluding carboxylic acids is 2. The average molecular weight is 477 g/mol. The second-order valence-corrected chi connectivity index (χ2v) is 7.89.